The number of piperidine rings is 1. The molecule has 3 aromatic carbocycles. The second kappa shape index (κ2) is 10.3. The van der Waals surface area contributed by atoms with Crippen molar-refractivity contribution in [1.82, 2.24) is 5.32 Å². The van der Waals surface area contributed by atoms with Crippen molar-refractivity contribution in [3.8, 4) is 0 Å². The molecule has 1 aliphatic rings. The van der Waals surface area contributed by atoms with Crippen molar-refractivity contribution in [2.24, 2.45) is 0 Å². The van der Waals surface area contributed by atoms with Crippen LogP contribution in [-0.2, 0) is 28.3 Å². The molecule has 2 unspecified atom stereocenters. The fraction of sp³-hybridized carbons (Fsp3) is 0.269. The molecule has 3 aromatic rings. The van der Waals surface area contributed by atoms with Crippen molar-refractivity contribution in [2.75, 3.05) is 13.1 Å². The van der Waals surface area contributed by atoms with Crippen molar-refractivity contribution in [3.63, 3.8) is 0 Å². The van der Waals surface area contributed by atoms with Gasteiger partial charge in [-0.05, 0) is 53.9 Å². The van der Waals surface area contributed by atoms with Crippen molar-refractivity contribution in [2.45, 2.75) is 31.3 Å². The normalized spacial score (nSPS) is 20.7. The van der Waals surface area contributed by atoms with Crippen LogP contribution in [-0.4, -0.2) is 30.3 Å². The van der Waals surface area contributed by atoms with Crippen LogP contribution in [0.1, 0.15) is 33.5 Å². The molecule has 0 aliphatic carbocycles. The number of benzene rings is 3. The molecule has 32 heavy (non-hydrogen) atoms. The Morgan fingerprint density at radius 3 is 2.34 bits per heavy atom. The Bertz CT molecular complexity index is 1020. The summed E-state index contributed by atoms with van der Waals surface area (Å²) >= 11 is 6.16. The maximum atomic E-state index is 11.1. The second-order valence-corrected chi connectivity index (χ2v) is 8.36. The summed E-state index contributed by atoms with van der Waals surface area (Å²) in [5, 5.41) is 13.2. The summed E-state index contributed by atoms with van der Waals surface area (Å²) in [5.41, 5.74) is 2.67. The number of rotatable bonds is 8. The number of ether oxygens (including phenoxy) is 2. The molecule has 0 saturated carbocycles. The molecule has 0 spiro atoms. The molecule has 1 aliphatic heterocycles. The molecule has 0 bridgehead atoms. The van der Waals surface area contributed by atoms with Crippen LogP contribution in [0.2, 0.25) is 5.02 Å². The van der Waals surface area contributed by atoms with Gasteiger partial charge in [-0.1, -0.05) is 66.2 Å². The van der Waals surface area contributed by atoms with Gasteiger partial charge in [0.25, 0.3) is 0 Å². The van der Waals surface area contributed by atoms with Crippen molar-refractivity contribution in [3.05, 3.63) is 106 Å². The summed E-state index contributed by atoms with van der Waals surface area (Å²) in [6, 6.07) is 24.7. The fourth-order valence-corrected chi connectivity index (χ4v) is 4.19. The average molecular weight is 452 g/mol. The molecule has 166 valence electrons. The second-order valence-electron chi connectivity index (χ2n) is 7.93. The van der Waals surface area contributed by atoms with Crippen LogP contribution in [0.4, 0.5) is 0 Å². The maximum Gasteiger partial charge on any atom is 0.335 e. The molecule has 1 heterocycles. The largest absolute Gasteiger partial charge is 0.478 e. The number of halogens is 1. The Labute approximate surface area is 192 Å². The van der Waals surface area contributed by atoms with Crippen molar-refractivity contribution >= 4 is 17.6 Å². The Morgan fingerprint density at radius 2 is 1.66 bits per heavy atom. The van der Waals surface area contributed by atoms with E-state index in [-0.39, 0.29) is 11.7 Å². The minimum absolute atomic E-state index is 0.236. The SMILES string of the molecule is O=C(O)c1ccc(COC2CNCCC2(OCc2ccccc2)c2ccc(Cl)cc2)cc1. The Morgan fingerprint density at radius 1 is 0.969 bits per heavy atom. The first-order chi connectivity index (χ1) is 15.6. The lowest BCUT2D eigenvalue weighted by atomic mass is 9.82. The van der Waals surface area contributed by atoms with Gasteiger partial charge >= 0.3 is 5.97 Å². The zero-order valence-electron chi connectivity index (χ0n) is 17.7. The van der Waals surface area contributed by atoms with Crippen LogP contribution >= 0.6 is 11.6 Å². The first kappa shape index (κ1) is 22.5. The molecular weight excluding hydrogens is 426 g/mol. The van der Waals surface area contributed by atoms with Gasteiger partial charge in [-0.25, -0.2) is 4.79 Å². The molecule has 1 saturated heterocycles. The predicted octanol–water partition coefficient (Wildman–Crippen LogP) is 5.03. The Kier molecular flexibility index (Phi) is 7.22. The van der Waals surface area contributed by atoms with E-state index in [1.54, 1.807) is 24.3 Å². The van der Waals surface area contributed by atoms with Crippen molar-refractivity contribution < 1.29 is 19.4 Å². The molecule has 6 heteroatoms. The number of carboxylic acids is 1. The smallest absolute Gasteiger partial charge is 0.335 e. The minimum Gasteiger partial charge on any atom is -0.478 e. The average Bonchev–Trinajstić information content (AvgIpc) is 2.83. The molecule has 2 atom stereocenters. The first-order valence-corrected chi connectivity index (χ1v) is 11.0. The summed E-state index contributed by atoms with van der Waals surface area (Å²) in [4.78, 5) is 11.1. The highest BCUT2D eigenvalue weighted by Gasteiger charge is 2.44. The lowest BCUT2D eigenvalue weighted by Crippen LogP contribution is -2.54. The first-order valence-electron chi connectivity index (χ1n) is 10.7. The van der Waals surface area contributed by atoms with Crippen LogP contribution in [0.25, 0.3) is 0 Å². The van der Waals surface area contributed by atoms with Crippen LogP contribution in [0, 0.1) is 0 Å². The van der Waals surface area contributed by atoms with E-state index in [2.05, 4.69) is 17.4 Å². The number of carbonyl (C=O) groups is 1. The number of hydrogen-bond donors (Lipinski definition) is 2. The lowest BCUT2D eigenvalue weighted by molar-refractivity contribution is -0.176. The van der Waals surface area contributed by atoms with E-state index in [9.17, 15) is 4.79 Å². The number of carboxylic acid groups (broad SMARTS) is 1. The van der Waals surface area contributed by atoms with Gasteiger partial charge in [0.05, 0.1) is 18.8 Å². The summed E-state index contributed by atoms with van der Waals surface area (Å²) in [5.74, 6) is -0.940. The highest BCUT2D eigenvalue weighted by atomic mass is 35.5. The molecule has 5 nitrogen and oxygen atoms in total. The maximum absolute atomic E-state index is 11.1. The molecule has 0 aromatic heterocycles. The van der Waals surface area contributed by atoms with Crippen LogP contribution < -0.4 is 5.32 Å². The van der Waals surface area contributed by atoms with Gasteiger partial charge in [-0.2, -0.15) is 0 Å². The van der Waals surface area contributed by atoms with Gasteiger partial charge in [-0.3, -0.25) is 0 Å². The van der Waals surface area contributed by atoms with Crippen LogP contribution in [0.5, 0.6) is 0 Å². The van der Waals surface area contributed by atoms with Crippen molar-refractivity contribution in [1.29, 1.82) is 0 Å². The number of aromatic carboxylic acids is 1. The van der Waals surface area contributed by atoms with Gasteiger partial charge in [0.2, 0.25) is 0 Å². The number of hydrogen-bond acceptors (Lipinski definition) is 4. The molecule has 1 fully saturated rings. The van der Waals surface area contributed by atoms with E-state index in [1.807, 2.05) is 42.5 Å². The third-order valence-corrected chi connectivity index (χ3v) is 6.10. The Hall–Kier alpha value is -2.70. The third-order valence-electron chi connectivity index (χ3n) is 5.85. The van der Waals surface area contributed by atoms with Crippen LogP contribution in [0.15, 0.2) is 78.9 Å². The van der Waals surface area contributed by atoms with E-state index >= 15 is 0 Å². The summed E-state index contributed by atoms with van der Waals surface area (Å²) in [6.07, 6.45) is 0.518. The minimum atomic E-state index is -0.940. The third kappa shape index (κ3) is 5.19. The summed E-state index contributed by atoms with van der Waals surface area (Å²) in [6.45, 7) is 2.28. The van der Waals surface area contributed by atoms with E-state index in [4.69, 9.17) is 26.2 Å². The van der Waals surface area contributed by atoms with Gasteiger partial charge in [0.15, 0.2) is 0 Å². The molecule has 2 N–H and O–H groups in total. The van der Waals surface area contributed by atoms with E-state index < -0.39 is 11.6 Å². The molecule has 4 rings (SSSR count). The monoisotopic (exact) mass is 451 g/mol. The quantitative estimate of drug-likeness (QED) is 0.502. The predicted molar refractivity (Wildman–Crippen MR) is 124 cm³/mol. The standard InChI is InChI=1S/C26H26ClNO4/c27-23-12-10-22(11-13-23)26(32-18-19-4-2-1-3-5-19)14-15-28-16-24(26)31-17-20-6-8-21(9-7-20)25(29)30/h1-13,24,28H,14-18H2,(H,29,30). The lowest BCUT2D eigenvalue weighted by Gasteiger charge is -2.44. The molecular formula is C26H26ClNO4. The van der Waals surface area contributed by atoms with Gasteiger partial charge in [0, 0.05) is 11.6 Å². The van der Waals surface area contributed by atoms with E-state index in [1.165, 1.54) is 0 Å². The highest BCUT2D eigenvalue weighted by molar-refractivity contribution is 6.30. The van der Waals surface area contributed by atoms with E-state index in [0.717, 1.165) is 29.7 Å². The number of nitrogens with one attached hydrogen (secondary N) is 1. The summed E-state index contributed by atoms with van der Waals surface area (Å²) in [7, 11) is 0. The Balaban J connectivity index is 1.58. The van der Waals surface area contributed by atoms with Crippen LogP contribution in [0.3, 0.4) is 0 Å². The van der Waals surface area contributed by atoms with Gasteiger partial charge in [0.1, 0.15) is 11.7 Å². The van der Waals surface area contributed by atoms with Gasteiger partial charge < -0.3 is 19.9 Å². The van der Waals surface area contributed by atoms with Gasteiger partial charge in [-0.15, -0.1) is 0 Å². The molecule has 0 amide bonds. The zero-order valence-corrected chi connectivity index (χ0v) is 18.4. The highest BCUT2D eigenvalue weighted by Crippen LogP contribution is 2.38. The zero-order chi connectivity index (χ0) is 22.4. The summed E-state index contributed by atoms with van der Waals surface area (Å²) < 4.78 is 13.0. The topological polar surface area (TPSA) is 67.8 Å². The molecule has 0 radical (unpaired) electrons. The fourth-order valence-electron chi connectivity index (χ4n) is 4.06. The van der Waals surface area contributed by atoms with E-state index in [0.29, 0.717) is 24.8 Å².